The SMILES string of the molecule is CC(C)(C)c1[c-]c2c(cc1)-c1ccc(C(C)(C)C)cc1C2.CCc1[cH-]c(C)cc1C(C)(C)C.FC(F)(F)c1cccc([C](=[Zr+2])c2cccc(C(F)(F)F)c2)c1.[Cl-].[Cl-]. The second-order valence-electron chi connectivity index (χ2n) is 17.4. The molecule has 0 nitrogen and oxygen atoms in total. The van der Waals surface area contributed by atoms with E-state index in [1.807, 2.05) is 0 Å². The normalized spacial score (nSPS) is 12.5. The molecular formula is C48H52Cl2F6Zr-2. The molecule has 0 unspecified atom stereocenters. The third kappa shape index (κ3) is 13.1. The van der Waals surface area contributed by atoms with Gasteiger partial charge in [0.25, 0.3) is 0 Å². The Labute approximate surface area is 363 Å². The summed E-state index contributed by atoms with van der Waals surface area (Å²) in [6.45, 7) is 24.8. The maximum atomic E-state index is 12.7. The second-order valence-corrected chi connectivity index (χ2v) is 18.6. The van der Waals surface area contributed by atoms with Crippen LogP contribution in [0.4, 0.5) is 26.3 Å². The van der Waals surface area contributed by atoms with Crippen LogP contribution in [0, 0.1) is 13.0 Å². The Hall–Kier alpha value is -2.86. The van der Waals surface area contributed by atoms with Crippen molar-refractivity contribution in [1.29, 1.82) is 0 Å². The molecule has 57 heavy (non-hydrogen) atoms. The van der Waals surface area contributed by atoms with Crippen LogP contribution in [0.3, 0.4) is 0 Å². The van der Waals surface area contributed by atoms with Crippen LogP contribution >= 0.6 is 0 Å². The van der Waals surface area contributed by atoms with Gasteiger partial charge in [-0.05, 0) is 28.4 Å². The molecule has 0 aromatic heterocycles. The maximum absolute atomic E-state index is 12.7. The van der Waals surface area contributed by atoms with Crippen LogP contribution in [0.5, 0.6) is 0 Å². The van der Waals surface area contributed by atoms with E-state index in [0.29, 0.717) is 8.62 Å². The van der Waals surface area contributed by atoms with Gasteiger partial charge in [-0.25, -0.2) is 6.07 Å². The molecule has 5 aromatic carbocycles. The van der Waals surface area contributed by atoms with E-state index >= 15 is 0 Å². The van der Waals surface area contributed by atoms with Gasteiger partial charge in [-0.2, -0.15) is 46.5 Å². The number of hydrogen-bond donors (Lipinski definition) is 0. The maximum Gasteiger partial charge on any atom is -1.00 e. The topological polar surface area (TPSA) is 0 Å². The number of alkyl halides is 6. The first-order valence-electron chi connectivity index (χ1n) is 18.6. The summed E-state index contributed by atoms with van der Waals surface area (Å²) < 4.78 is 76.7. The molecule has 1 aliphatic carbocycles. The number of hydrogen-bond acceptors (Lipinski definition) is 0. The fourth-order valence-corrected chi connectivity index (χ4v) is 7.37. The molecule has 0 amide bonds. The third-order valence-corrected chi connectivity index (χ3v) is 11.1. The standard InChI is InChI=1S/C21H25.C15H8F6.C12H19.2ClH.Zr/c1-20(2,3)16-7-9-18-14(12-16)11-15-13-17(21(4,5)6)8-10-19(15)18;16-14(17,18)12-5-1-3-10(8-12)7-11-4-2-6-13(9-11)15(19,20)21;1-6-10-7-9(2)8-11(10)12(3,4)5;;;/h7-10,12H,11H2,1-6H3;1-6,8-9H;7-8H,6H2,1-5H3;2*1H;/q-1;;-1;;;+2/p-2. The molecule has 9 heteroatoms. The average molecular weight is 905 g/mol. The minimum atomic E-state index is -4.49. The Morgan fingerprint density at radius 3 is 1.56 bits per heavy atom. The number of rotatable bonds is 3. The van der Waals surface area contributed by atoms with Crippen LogP contribution < -0.4 is 24.8 Å². The van der Waals surface area contributed by atoms with Gasteiger partial charge in [-0.1, -0.05) is 112 Å². The van der Waals surface area contributed by atoms with E-state index in [1.165, 1.54) is 74.3 Å². The molecule has 306 valence electrons. The van der Waals surface area contributed by atoms with Gasteiger partial charge in [0, 0.05) is 0 Å². The van der Waals surface area contributed by atoms with Crippen molar-refractivity contribution in [1.82, 2.24) is 0 Å². The molecule has 0 spiro atoms. The fraction of sp³-hybridized carbons (Fsp3) is 0.375. The van der Waals surface area contributed by atoms with Crippen LogP contribution in [0.1, 0.15) is 130 Å². The zero-order valence-electron chi connectivity index (χ0n) is 34.6. The van der Waals surface area contributed by atoms with Gasteiger partial charge in [0.2, 0.25) is 0 Å². The Kier molecular flexibility index (Phi) is 16.8. The van der Waals surface area contributed by atoms with E-state index in [2.05, 4.69) is 125 Å². The van der Waals surface area contributed by atoms with Gasteiger partial charge in [-0.3, -0.25) is 0 Å². The minimum Gasteiger partial charge on any atom is -1.00 e. The Balaban J connectivity index is 0.000000302. The molecule has 0 aliphatic heterocycles. The average Bonchev–Trinajstić information content (AvgIpc) is 3.66. The summed E-state index contributed by atoms with van der Waals surface area (Å²) in [5, 5.41) is 0. The van der Waals surface area contributed by atoms with Gasteiger partial charge >= 0.3 is 137 Å². The Morgan fingerprint density at radius 2 is 1.14 bits per heavy atom. The molecule has 0 N–H and O–H groups in total. The molecule has 5 aromatic rings. The van der Waals surface area contributed by atoms with E-state index in [-0.39, 0.29) is 46.8 Å². The summed E-state index contributed by atoms with van der Waals surface area (Å²) in [4.78, 5) is 0. The molecule has 0 radical (unpaired) electrons. The van der Waals surface area contributed by atoms with Crippen LogP contribution in [0.15, 0.2) is 91.0 Å². The number of fused-ring (bicyclic) bond motifs is 3. The Morgan fingerprint density at radius 1 is 0.632 bits per heavy atom. The first kappa shape index (κ1) is 50.3. The molecule has 0 bridgehead atoms. The van der Waals surface area contributed by atoms with Crippen molar-refractivity contribution < 1.29 is 75.4 Å². The van der Waals surface area contributed by atoms with Gasteiger partial charge in [0.15, 0.2) is 0 Å². The first-order chi connectivity index (χ1) is 25.2. The van der Waals surface area contributed by atoms with E-state index in [0.717, 1.165) is 61.3 Å². The monoisotopic (exact) mass is 902 g/mol. The van der Waals surface area contributed by atoms with Gasteiger partial charge in [0.1, 0.15) is 0 Å². The molecular weight excluding hydrogens is 853 g/mol. The van der Waals surface area contributed by atoms with E-state index in [4.69, 9.17) is 0 Å². The molecule has 0 saturated carbocycles. The van der Waals surface area contributed by atoms with Crippen LogP contribution in [-0.4, -0.2) is 3.21 Å². The quantitative estimate of drug-likeness (QED) is 0.125. The smallest absolute Gasteiger partial charge is 1.00 e. The fourth-order valence-electron chi connectivity index (χ4n) is 6.60. The van der Waals surface area contributed by atoms with Crippen molar-refractivity contribution in [3.63, 3.8) is 0 Å². The number of benzene rings is 4. The van der Waals surface area contributed by atoms with Crippen molar-refractivity contribution in [2.24, 2.45) is 0 Å². The third-order valence-electron chi connectivity index (χ3n) is 9.73. The zero-order valence-corrected chi connectivity index (χ0v) is 38.6. The zero-order chi connectivity index (χ0) is 41.3. The predicted octanol–water partition coefficient (Wildman–Crippen LogP) is 8.07. The Bertz CT molecular complexity index is 2010. The summed E-state index contributed by atoms with van der Waals surface area (Å²) in [6.07, 6.45) is -6.79. The number of aryl methyl sites for hydroxylation is 2. The van der Waals surface area contributed by atoms with Crippen LogP contribution in [0.25, 0.3) is 11.1 Å². The predicted molar refractivity (Wildman–Crippen MR) is 212 cm³/mol. The molecule has 1 aliphatic rings. The summed E-state index contributed by atoms with van der Waals surface area (Å²) in [7, 11) is 0. The van der Waals surface area contributed by atoms with Gasteiger partial charge in [0.05, 0.1) is 0 Å². The molecule has 0 atom stereocenters. The van der Waals surface area contributed by atoms with E-state index < -0.39 is 23.5 Å². The second kappa shape index (κ2) is 19.0. The minimum absolute atomic E-state index is 0. The molecule has 0 saturated heterocycles. The summed E-state index contributed by atoms with van der Waals surface area (Å²) in [5.74, 6) is 0. The van der Waals surface area contributed by atoms with Crippen molar-refractivity contribution in [3.8, 4) is 11.1 Å². The van der Waals surface area contributed by atoms with Crippen molar-refractivity contribution in [2.75, 3.05) is 0 Å². The summed E-state index contributed by atoms with van der Waals surface area (Å²) in [6, 6.07) is 29.0. The van der Waals surface area contributed by atoms with Crippen molar-refractivity contribution in [2.45, 2.75) is 118 Å². The first-order valence-corrected chi connectivity index (χ1v) is 19.8. The van der Waals surface area contributed by atoms with Crippen LogP contribution in [0.2, 0.25) is 0 Å². The van der Waals surface area contributed by atoms with E-state index in [1.54, 1.807) is 0 Å². The van der Waals surface area contributed by atoms with Crippen molar-refractivity contribution >= 4 is 3.21 Å². The number of halogens is 8. The van der Waals surface area contributed by atoms with Crippen molar-refractivity contribution in [3.05, 3.63) is 158 Å². The van der Waals surface area contributed by atoms with Gasteiger partial charge < -0.3 is 24.8 Å². The largest absolute Gasteiger partial charge is 1.00 e. The molecule has 0 heterocycles. The summed E-state index contributed by atoms with van der Waals surface area (Å²) >= 11 is 0.729. The molecule has 6 rings (SSSR count). The summed E-state index contributed by atoms with van der Waals surface area (Å²) in [5.41, 5.74) is 12.3. The molecule has 0 fully saturated rings. The van der Waals surface area contributed by atoms with Crippen LogP contribution in [-0.2, 0) is 65.7 Å². The van der Waals surface area contributed by atoms with E-state index in [9.17, 15) is 26.3 Å². The van der Waals surface area contributed by atoms with Gasteiger partial charge in [-0.15, -0.1) is 11.1 Å².